The van der Waals surface area contributed by atoms with Gasteiger partial charge in [-0.2, -0.15) is 13.2 Å². The number of halogens is 4. The van der Waals surface area contributed by atoms with E-state index in [1.54, 1.807) is 0 Å². The van der Waals surface area contributed by atoms with Crippen LogP contribution < -0.4 is 0 Å². The molecule has 115 valence electrons. The van der Waals surface area contributed by atoms with Gasteiger partial charge in [-0.3, -0.25) is 0 Å². The Morgan fingerprint density at radius 1 is 0.955 bits per heavy atom. The van der Waals surface area contributed by atoms with Crippen molar-refractivity contribution in [3.05, 3.63) is 77.3 Å². The molecule has 1 nitrogen and oxygen atoms in total. The number of benzene rings is 2. The molecule has 3 aromatic rings. The Morgan fingerprint density at radius 3 is 2.23 bits per heavy atom. The summed E-state index contributed by atoms with van der Waals surface area (Å²) in [5.41, 5.74) is 3.14. The smallest absolute Gasteiger partial charge is 0.358 e. The van der Waals surface area contributed by atoms with Crippen molar-refractivity contribution in [1.29, 1.82) is 0 Å². The molecule has 2 aromatic carbocycles. The van der Waals surface area contributed by atoms with E-state index in [4.69, 9.17) is 0 Å². The molecule has 0 amide bonds. The summed E-state index contributed by atoms with van der Waals surface area (Å²) in [7, 11) is 0. The summed E-state index contributed by atoms with van der Waals surface area (Å²) in [6.07, 6.45) is -2.40. The van der Waals surface area contributed by atoms with Crippen LogP contribution in [0.4, 0.5) is 13.2 Å². The van der Waals surface area contributed by atoms with Crippen molar-refractivity contribution in [2.45, 2.75) is 13.1 Å². The Hall–Kier alpha value is -1.94. The van der Waals surface area contributed by atoms with Gasteiger partial charge in [0.1, 0.15) is 0 Å². The fourth-order valence-corrected chi connectivity index (χ4v) is 2.42. The molecule has 1 aromatic heterocycles. The van der Waals surface area contributed by atoms with Gasteiger partial charge < -0.3 is 4.98 Å². The third kappa shape index (κ3) is 3.12. The summed E-state index contributed by atoms with van der Waals surface area (Å²) in [6, 6.07) is 13.1. The fourth-order valence-electron chi connectivity index (χ4n) is 2.42. The zero-order valence-electron chi connectivity index (χ0n) is 11.7. The average Bonchev–Trinajstić information content (AvgIpc) is 2.75. The third-order valence-corrected chi connectivity index (χ3v) is 3.49. The van der Waals surface area contributed by atoms with E-state index in [-0.39, 0.29) is 12.4 Å². The van der Waals surface area contributed by atoms with Gasteiger partial charge in [0, 0.05) is 23.0 Å². The summed E-state index contributed by atoms with van der Waals surface area (Å²) in [6.45, 7) is 1.95. The van der Waals surface area contributed by atoms with Crippen LogP contribution in [0, 0.1) is 13.3 Å². The van der Waals surface area contributed by atoms with Crippen LogP contribution in [0.25, 0.3) is 10.9 Å². The van der Waals surface area contributed by atoms with Crippen molar-refractivity contribution < 1.29 is 13.2 Å². The van der Waals surface area contributed by atoms with Gasteiger partial charge in [-0.05, 0) is 36.2 Å². The van der Waals surface area contributed by atoms with Crippen LogP contribution in [0.1, 0.15) is 22.4 Å². The maximum absolute atomic E-state index is 12.6. The predicted octanol–water partition coefficient (Wildman–Crippen LogP) is 5.52. The number of fused-ring (bicyclic) bond motifs is 1. The lowest BCUT2D eigenvalue weighted by Crippen LogP contribution is -2.04. The fraction of sp³-hybridized carbons (Fsp3) is 0.118. The first-order valence-electron chi connectivity index (χ1n) is 6.54. The third-order valence-electron chi connectivity index (χ3n) is 3.49. The predicted molar refractivity (Wildman–Crippen MR) is 84.2 cm³/mol. The number of hydrogen-bond donors (Lipinski definition) is 1. The molecule has 0 saturated heterocycles. The van der Waals surface area contributed by atoms with Crippen LogP contribution in [-0.2, 0) is 6.18 Å². The highest BCUT2D eigenvalue weighted by atomic mass is 35.5. The molecule has 0 aliphatic rings. The standard InChI is InChI=1S/C17H13F3N.ClH/c1-11-15(14-4-2-3-5-16(14)21-11)10-12-6-8-13(9-7-12)17(18,19)20;/h2-10,21H,1H3;1H. The Morgan fingerprint density at radius 2 is 1.59 bits per heavy atom. The molecule has 1 radical (unpaired) electrons. The minimum absolute atomic E-state index is 0. The number of rotatable bonds is 2. The lowest BCUT2D eigenvalue weighted by Gasteiger charge is -2.07. The summed E-state index contributed by atoms with van der Waals surface area (Å²) >= 11 is 0. The normalized spacial score (nSPS) is 11.5. The quantitative estimate of drug-likeness (QED) is 0.639. The zero-order valence-corrected chi connectivity index (χ0v) is 12.6. The summed E-state index contributed by atoms with van der Waals surface area (Å²) in [5.74, 6) is 0. The summed E-state index contributed by atoms with van der Waals surface area (Å²) in [4.78, 5) is 3.27. The van der Waals surface area contributed by atoms with Crippen molar-refractivity contribution >= 4 is 23.3 Å². The first-order chi connectivity index (χ1) is 9.95. The van der Waals surface area contributed by atoms with Crippen molar-refractivity contribution in [2.24, 2.45) is 0 Å². The minimum Gasteiger partial charge on any atom is -0.358 e. The maximum atomic E-state index is 12.6. The Labute approximate surface area is 132 Å². The lowest BCUT2D eigenvalue weighted by atomic mass is 10.0. The number of alkyl halides is 3. The molecule has 1 N–H and O–H groups in total. The number of aryl methyl sites for hydroxylation is 1. The zero-order chi connectivity index (χ0) is 15.0. The molecule has 0 aliphatic carbocycles. The number of hydrogen-bond acceptors (Lipinski definition) is 0. The molecule has 0 atom stereocenters. The van der Waals surface area contributed by atoms with Gasteiger partial charge in [0.2, 0.25) is 0 Å². The highest BCUT2D eigenvalue weighted by Crippen LogP contribution is 2.30. The molecule has 1 heterocycles. The molecular formula is C17H14ClF3N. The van der Waals surface area contributed by atoms with Crippen LogP contribution in [0.5, 0.6) is 0 Å². The molecule has 0 spiro atoms. The Bertz CT molecular complexity index is 773. The van der Waals surface area contributed by atoms with E-state index < -0.39 is 11.7 Å². The van der Waals surface area contributed by atoms with Gasteiger partial charge in [-0.15, -0.1) is 12.4 Å². The van der Waals surface area contributed by atoms with Gasteiger partial charge in [0.15, 0.2) is 0 Å². The Kier molecular flexibility index (Phi) is 4.52. The van der Waals surface area contributed by atoms with Crippen LogP contribution >= 0.6 is 12.4 Å². The Balaban J connectivity index is 0.00000176. The molecule has 3 rings (SSSR count). The van der Waals surface area contributed by atoms with Crippen LogP contribution in [0.2, 0.25) is 0 Å². The van der Waals surface area contributed by atoms with Crippen LogP contribution in [0.15, 0.2) is 48.5 Å². The highest BCUT2D eigenvalue weighted by molar-refractivity contribution is 5.86. The number of aromatic amines is 1. The molecule has 0 saturated carbocycles. The van der Waals surface area contributed by atoms with E-state index in [0.29, 0.717) is 0 Å². The second-order valence-corrected chi connectivity index (χ2v) is 4.97. The van der Waals surface area contributed by atoms with Crippen molar-refractivity contribution in [2.75, 3.05) is 0 Å². The van der Waals surface area contributed by atoms with Crippen LogP contribution in [0.3, 0.4) is 0 Å². The molecular weight excluding hydrogens is 311 g/mol. The van der Waals surface area contributed by atoms with Gasteiger partial charge in [0.05, 0.1) is 5.56 Å². The van der Waals surface area contributed by atoms with Crippen LogP contribution in [-0.4, -0.2) is 4.98 Å². The maximum Gasteiger partial charge on any atom is 0.416 e. The monoisotopic (exact) mass is 324 g/mol. The largest absolute Gasteiger partial charge is 0.416 e. The number of H-pyrrole nitrogens is 1. The van der Waals surface area contributed by atoms with E-state index in [9.17, 15) is 13.2 Å². The molecule has 5 heteroatoms. The summed E-state index contributed by atoms with van der Waals surface area (Å²) < 4.78 is 37.7. The first-order valence-corrected chi connectivity index (χ1v) is 6.54. The van der Waals surface area contributed by atoms with Crippen molar-refractivity contribution in [1.82, 2.24) is 4.98 Å². The van der Waals surface area contributed by atoms with Crippen molar-refractivity contribution in [3.63, 3.8) is 0 Å². The van der Waals surface area contributed by atoms with E-state index in [1.807, 2.05) is 37.6 Å². The molecule has 0 fully saturated rings. The molecule has 0 bridgehead atoms. The van der Waals surface area contributed by atoms with Gasteiger partial charge in [-0.1, -0.05) is 30.3 Å². The molecule has 22 heavy (non-hydrogen) atoms. The minimum atomic E-state index is -4.30. The van der Waals surface area contributed by atoms with E-state index >= 15 is 0 Å². The average molecular weight is 325 g/mol. The summed E-state index contributed by atoms with van der Waals surface area (Å²) in [5, 5.41) is 1.06. The topological polar surface area (TPSA) is 15.8 Å². The van der Waals surface area contributed by atoms with Crippen molar-refractivity contribution in [3.8, 4) is 0 Å². The second-order valence-electron chi connectivity index (χ2n) is 4.97. The van der Waals surface area contributed by atoms with Gasteiger partial charge in [-0.25, -0.2) is 0 Å². The number of nitrogens with one attached hydrogen (secondary N) is 1. The van der Waals surface area contributed by atoms with E-state index in [2.05, 4.69) is 4.98 Å². The number of para-hydroxylation sites is 1. The second kappa shape index (κ2) is 6.05. The number of aromatic nitrogens is 1. The SMILES string of the molecule is Cc1[nH]c2ccccc2c1[CH]c1ccc(C(F)(F)F)cc1.Cl. The van der Waals surface area contributed by atoms with E-state index in [0.717, 1.165) is 39.9 Å². The first kappa shape index (κ1) is 16.4. The van der Waals surface area contributed by atoms with Gasteiger partial charge in [0.25, 0.3) is 0 Å². The van der Waals surface area contributed by atoms with Gasteiger partial charge >= 0.3 is 6.18 Å². The lowest BCUT2D eigenvalue weighted by molar-refractivity contribution is -0.137. The molecule has 0 aliphatic heterocycles. The highest BCUT2D eigenvalue weighted by Gasteiger charge is 2.29. The molecule has 0 unspecified atom stereocenters. The van der Waals surface area contributed by atoms with E-state index in [1.165, 1.54) is 12.1 Å².